The van der Waals surface area contributed by atoms with Gasteiger partial charge in [0, 0.05) is 12.6 Å². The van der Waals surface area contributed by atoms with Gasteiger partial charge in [-0.05, 0) is 25.0 Å². The van der Waals surface area contributed by atoms with Crippen LogP contribution in [0.5, 0.6) is 0 Å². The van der Waals surface area contributed by atoms with Gasteiger partial charge in [-0.2, -0.15) is 5.26 Å². The Hall–Kier alpha value is -1.76. The summed E-state index contributed by atoms with van der Waals surface area (Å²) in [5.41, 5.74) is 6.61. The zero-order valence-corrected chi connectivity index (χ0v) is 8.56. The quantitative estimate of drug-likeness (QED) is 0.804. The van der Waals surface area contributed by atoms with E-state index in [1.807, 2.05) is 6.07 Å². The Balaban J connectivity index is 2.10. The molecule has 0 bridgehead atoms. The van der Waals surface area contributed by atoms with Gasteiger partial charge in [0.05, 0.1) is 24.4 Å². The van der Waals surface area contributed by atoms with Crippen molar-refractivity contribution in [3.63, 3.8) is 0 Å². The molecule has 2 N–H and O–H groups in total. The minimum Gasteiger partial charge on any atom is -0.384 e. The fraction of sp³-hybridized carbons (Fsp3) is 0.455. The Morgan fingerprint density at radius 3 is 2.87 bits per heavy atom. The first-order valence-corrected chi connectivity index (χ1v) is 5.16. The summed E-state index contributed by atoms with van der Waals surface area (Å²) in [6.45, 7) is 0.784. The lowest BCUT2D eigenvalue weighted by Gasteiger charge is -2.22. The minimum absolute atomic E-state index is 0.537. The lowest BCUT2D eigenvalue weighted by Crippen LogP contribution is -2.26. The number of nitrogen functional groups attached to an aromatic ring is 1. The van der Waals surface area contributed by atoms with Crippen molar-refractivity contribution in [1.82, 2.24) is 4.98 Å². The molecule has 1 aromatic rings. The third-order valence-electron chi connectivity index (χ3n) is 2.55. The lowest BCUT2D eigenvalue weighted by molar-refractivity contribution is 0.791. The van der Waals surface area contributed by atoms with Crippen LogP contribution in [-0.4, -0.2) is 17.6 Å². The van der Waals surface area contributed by atoms with E-state index in [0.29, 0.717) is 18.3 Å². The predicted octanol–water partition coefficient (Wildman–Crippen LogP) is 1.55. The maximum Gasteiger partial charge on any atom is 0.123 e. The van der Waals surface area contributed by atoms with E-state index in [2.05, 4.69) is 16.0 Å². The fourth-order valence-electron chi connectivity index (χ4n) is 1.65. The summed E-state index contributed by atoms with van der Waals surface area (Å²) in [6.07, 6.45) is 4.78. The molecule has 0 aromatic carbocycles. The largest absolute Gasteiger partial charge is 0.384 e. The zero-order valence-electron chi connectivity index (χ0n) is 8.56. The molecule has 0 unspecified atom stereocenters. The van der Waals surface area contributed by atoms with E-state index in [4.69, 9.17) is 11.0 Å². The molecule has 1 saturated carbocycles. The molecule has 0 spiro atoms. The van der Waals surface area contributed by atoms with Crippen molar-refractivity contribution in [1.29, 1.82) is 5.26 Å². The number of nitriles is 1. The van der Waals surface area contributed by atoms with Crippen molar-refractivity contribution in [2.75, 3.05) is 17.2 Å². The molecule has 2 rings (SSSR count). The summed E-state index contributed by atoms with van der Waals surface area (Å²) in [7, 11) is 0. The summed E-state index contributed by atoms with van der Waals surface area (Å²) < 4.78 is 0. The summed E-state index contributed by atoms with van der Waals surface area (Å²) >= 11 is 0. The number of anilines is 2. The van der Waals surface area contributed by atoms with Gasteiger partial charge in [-0.1, -0.05) is 0 Å². The summed E-state index contributed by atoms with van der Waals surface area (Å²) in [5.74, 6) is 0.537. The highest BCUT2D eigenvalue weighted by atomic mass is 15.2. The van der Waals surface area contributed by atoms with Crippen LogP contribution in [-0.2, 0) is 0 Å². The molecular formula is C11H14N4. The third kappa shape index (κ3) is 2.38. The summed E-state index contributed by atoms with van der Waals surface area (Å²) in [4.78, 5) is 6.32. The Morgan fingerprint density at radius 1 is 1.53 bits per heavy atom. The molecule has 0 atom stereocenters. The van der Waals surface area contributed by atoms with E-state index in [1.165, 1.54) is 12.8 Å². The Kier molecular flexibility index (Phi) is 2.72. The number of nitrogens with two attached hydrogens (primary N) is 1. The number of pyridine rings is 1. The van der Waals surface area contributed by atoms with E-state index in [1.54, 1.807) is 12.3 Å². The highest BCUT2D eigenvalue weighted by Crippen LogP contribution is 2.31. The standard InChI is InChI=1S/C11H14N4/c12-6-1-7-15(9-2-3-9)10-4-5-11(13)14-8-10/h4-5,8-9H,1-3,7H2,(H2,13,14). The Labute approximate surface area is 89.3 Å². The van der Waals surface area contributed by atoms with E-state index >= 15 is 0 Å². The summed E-state index contributed by atoms with van der Waals surface area (Å²) in [6, 6.07) is 6.55. The maximum atomic E-state index is 8.60. The zero-order chi connectivity index (χ0) is 10.7. The van der Waals surface area contributed by atoms with Gasteiger partial charge >= 0.3 is 0 Å². The number of nitrogens with zero attached hydrogens (tertiary/aromatic N) is 3. The van der Waals surface area contributed by atoms with Gasteiger partial charge in [-0.3, -0.25) is 0 Å². The van der Waals surface area contributed by atoms with Gasteiger partial charge in [-0.15, -0.1) is 0 Å². The fourth-order valence-corrected chi connectivity index (χ4v) is 1.65. The molecule has 4 nitrogen and oxygen atoms in total. The topological polar surface area (TPSA) is 65.9 Å². The van der Waals surface area contributed by atoms with Crippen LogP contribution in [0.3, 0.4) is 0 Å². The maximum absolute atomic E-state index is 8.60. The number of hydrogen-bond donors (Lipinski definition) is 1. The molecule has 0 amide bonds. The second-order valence-corrected chi connectivity index (χ2v) is 3.77. The normalized spacial score (nSPS) is 14.6. The third-order valence-corrected chi connectivity index (χ3v) is 2.55. The van der Waals surface area contributed by atoms with Crippen LogP contribution in [0.25, 0.3) is 0 Å². The Morgan fingerprint density at radius 2 is 2.33 bits per heavy atom. The van der Waals surface area contributed by atoms with Crippen LogP contribution >= 0.6 is 0 Å². The predicted molar refractivity (Wildman–Crippen MR) is 59.2 cm³/mol. The number of hydrogen-bond acceptors (Lipinski definition) is 4. The van der Waals surface area contributed by atoms with Crippen LogP contribution in [0.4, 0.5) is 11.5 Å². The number of aromatic nitrogens is 1. The second kappa shape index (κ2) is 4.18. The van der Waals surface area contributed by atoms with E-state index in [-0.39, 0.29) is 0 Å². The molecule has 0 radical (unpaired) electrons. The van der Waals surface area contributed by atoms with Crippen molar-refractivity contribution in [2.24, 2.45) is 0 Å². The van der Waals surface area contributed by atoms with Crippen molar-refractivity contribution in [2.45, 2.75) is 25.3 Å². The average molecular weight is 202 g/mol. The molecule has 0 aliphatic heterocycles. The second-order valence-electron chi connectivity index (χ2n) is 3.77. The van der Waals surface area contributed by atoms with Crippen molar-refractivity contribution in [3.8, 4) is 6.07 Å². The van der Waals surface area contributed by atoms with Crippen LogP contribution in [0.1, 0.15) is 19.3 Å². The van der Waals surface area contributed by atoms with E-state index in [9.17, 15) is 0 Å². The molecular weight excluding hydrogens is 188 g/mol. The minimum atomic E-state index is 0.537. The van der Waals surface area contributed by atoms with Crippen molar-refractivity contribution < 1.29 is 0 Å². The van der Waals surface area contributed by atoms with Crippen LogP contribution in [0.2, 0.25) is 0 Å². The van der Waals surface area contributed by atoms with Gasteiger partial charge in [0.1, 0.15) is 5.82 Å². The van der Waals surface area contributed by atoms with E-state index in [0.717, 1.165) is 12.2 Å². The molecule has 1 aliphatic rings. The lowest BCUT2D eigenvalue weighted by atomic mass is 10.3. The van der Waals surface area contributed by atoms with Crippen LogP contribution in [0.15, 0.2) is 18.3 Å². The van der Waals surface area contributed by atoms with Crippen LogP contribution < -0.4 is 10.6 Å². The van der Waals surface area contributed by atoms with Crippen LogP contribution in [0, 0.1) is 11.3 Å². The molecule has 1 aliphatic carbocycles. The first kappa shape index (κ1) is 9.78. The van der Waals surface area contributed by atoms with Crippen molar-refractivity contribution in [3.05, 3.63) is 18.3 Å². The first-order valence-electron chi connectivity index (χ1n) is 5.16. The van der Waals surface area contributed by atoms with Gasteiger partial charge in [0.25, 0.3) is 0 Å². The van der Waals surface area contributed by atoms with Gasteiger partial charge in [0.15, 0.2) is 0 Å². The molecule has 1 aromatic heterocycles. The SMILES string of the molecule is N#CCCN(c1ccc(N)nc1)C1CC1. The Bertz CT molecular complexity index is 361. The highest BCUT2D eigenvalue weighted by molar-refractivity contribution is 5.49. The first-order chi connectivity index (χ1) is 7.31. The molecule has 78 valence electrons. The molecule has 1 heterocycles. The highest BCUT2D eigenvalue weighted by Gasteiger charge is 2.28. The smallest absolute Gasteiger partial charge is 0.123 e. The van der Waals surface area contributed by atoms with Gasteiger partial charge in [-0.25, -0.2) is 4.98 Å². The van der Waals surface area contributed by atoms with Gasteiger partial charge < -0.3 is 10.6 Å². The molecule has 4 heteroatoms. The molecule has 0 saturated heterocycles. The molecule has 1 fully saturated rings. The average Bonchev–Trinajstić information content (AvgIpc) is 3.05. The van der Waals surface area contributed by atoms with Gasteiger partial charge in [0.2, 0.25) is 0 Å². The van der Waals surface area contributed by atoms with Crippen molar-refractivity contribution >= 4 is 11.5 Å². The molecule has 15 heavy (non-hydrogen) atoms. The monoisotopic (exact) mass is 202 g/mol. The summed E-state index contributed by atoms with van der Waals surface area (Å²) in [5, 5.41) is 8.60. The number of rotatable bonds is 4. The van der Waals surface area contributed by atoms with E-state index < -0.39 is 0 Å².